The highest BCUT2D eigenvalue weighted by Gasteiger charge is 2.31. The molecule has 1 atom stereocenters. The second kappa shape index (κ2) is 7.61. The molecular formula is C16H20N2O4. The quantitative estimate of drug-likeness (QED) is 0.839. The third-order valence-corrected chi connectivity index (χ3v) is 3.61. The lowest BCUT2D eigenvalue weighted by Crippen LogP contribution is -2.51. The Labute approximate surface area is 129 Å². The van der Waals surface area contributed by atoms with E-state index in [1.807, 2.05) is 35.2 Å². The topological polar surface area (TPSA) is 70.1 Å². The first-order valence-electron chi connectivity index (χ1n) is 7.18. The number of carbonyl (C=O) groups is 2. The van der Waals surface area contributed by atoms with Crippen molar-refractivity contribution < 1.29 is 19.4 Å². The van der Waals surface area contributed by atoms with E-state index < -0.39 is 12.0 Å². The van der Waals surface area contributed by atoms with Crippen LogP contribution >= 0.6 is 0 Å². The van der Waals surface area contributed by atoms with Crippen LogP contribution in [0.1, 0.15) is 11.6 Å². The number of aliphatic carboxylic acids is 1. The smallest absolute Gasteiger partial charge is 0.410 e. The van der Waals surface area contributed by atoms with E-state index >= 15 is 0 Å². The molecule has 1 fully saturated rings. The van der Waals surface area contributed by atoms with Crippen LogP contribution in [0.2, 0.25) is 0 Å². The number of hydrogen-bond acceptors (Lipinski definition) is 4. The zero-order valence-corrected chi connectivity index (χ0v) is 12.4. The van der Waals surface area contributed by atoms with Gasteiger partial charge < -0.3 is 14.7 Å². The van der Waals surface area contributed by atoms with E-state index in [4.69, 9.17) is 4.74 Å². The van der Waals surface area contributed by atoms with Crippen molar-refractivity contribution in [1.82, 2.24) is 9.80 Å². The number of benzene rings is 1. The van der Waals surface area contributed by atoms with Crippen LogP contribution in [0.4, 0.5) is 4.79 Å². The lowest BCUT2D eigenvalue weighted by atomic mass is 10.0. The molecule has 0 aromatic heterocycles. The first-order chi connectivity index (χ1) is 10.6. The number of ether oxygens (including phenoxy) is 1. The largest absolute Gasteiger partial charge is 0.480 e. The van der Waals surface area contributed by atoms with Gasteiger partial charge in [-0.3, -0.25) is 9.69 Å². The summed E-state index contributed by atoms with van der Waals surface area (Å²) in [6, 6.07) is 8.44. The van der Waals surface area contributed by atoms with E-state index in [1.54, 1.807) is 4.90 Å². The molecule has 6 heteroatoms. The summed E-state index contributed by atoms with van der Waals surface area (Å²) in [6.45, 7) is 5.57. The van der Waals surface area contributed by atoms with Gasteiger partial charge in [-0.1, -0.05) is 43.0 Å². The summed E-state index contributed by atoms with van der Waals surface area (Å²) < 4.78 is 4.99. The highest BCUT2D eigenvalue weighted by Crippen LogP contribution is 2.22. The summed E-state index contributed by atoms with van der Waals surface area (Å²) in [6.07, 6.45) is 1.13. The molecule has 1 aliphatic rings. The molecule has 1 aromatic rings. The monoisotopic (exact) mass is 304 g/mol. The standard InChI is InChI=1S/C16H20N2O4/c1-2-12-22-16(21)18-10-8-17(9-11-18)14(15(19)20)13-6-4-3-5-7-13/h2-7,14H,1,8-12H2,(H,19,20). The van der Waals surface area contributed by atoms with Gasteiger partial charge in [0, 0.05) is 26.2 Å². The summed E-state index contributed by atoms with van der Waals surface area (Å²) in [5.41, 5.74) is 0.748. The van der Waals surface area contributed by atoms with E-state index in [-0.39, 0.29) is 12.7 Å². The number of hydrogen-bond donors (Lipinski definition) is 1. The molecule has 0 spiro atoms. The molecule has 1 amide bonds. The van der Waals surface area contributed by atoms with Gasteiger partial charge in [-0.15, -0.1) is 0 Å². The molecule has 0 bridgehead atoms. The van der Waals surface area contributed by atoms with Gasteiger partial charge in [0.1, 0.15) is 12.6 Å². The summed E-state index contributed by atoms with van der Waals surface area (Å²) in [7, 11) is 0. The van der Waals surface area contributed by atoms with Crippen molar-refractivity contribution in [3.8, 4) is 0 Å². The van der Waals surface area contributed by atoms with Gasteiger partial charge >= 0.3 is 12.1 Å². The first kappa shape index (κ1) is 16.0. The zero-order chi connectivity index (χ0) is 15.9. The second-order valence-corrected chi connectivity index (χ2v) is 5.04. The molecule has 1 aliphatic heterocycles. The third kappa shape index (κ3) is 3.85. The number of carboxylic acid groups (broad SMARTS) is 1. The molecule has 22 heavy (non-hydrogen) atoms. The molecule has 1 saturated heterocycles. The van der Waals surface area contributed by atoms with Crippen molar-refractivity contribution in [2.45, 2.75) is 6.04 Å². The number of carbonyl (C=O) groups excluding carboxylic acids is 1. The van der Waals surface area contributed by atoms with Crippen molar-refractivity contribution in [1.29, 1.82) is 0 Å². The molecule has 0 saturated carbocycles. The van der Waals surface area contributed by atoms with Crippen molar-refractivity contribution >= 4 is 12.1 Å². The molecule has 1 unspecified atom stereocenters. The summed E-state index contributed by atoms with van der Waals surface area (Å²) in [4.78, 5) is 26.8. The molecule has 0 aliphatic carbocycles. The Balaban J connectivity index is 1.98. The Bertz CT molecular complexity index is 524. The van der Waals surface area contributed by atoms with Gasteiger partial charge in [-0.25, -0.2) is 4.79 Å². The Kier molecular flexibility index (Phi) is 5.55. The highest BCUT2D eigenvalue weighted by molar-refractivity contribution is 5.75. The van der Waals surface area contributed by atoms with Crippen LogP contribution in [0.3, 0.4) is 0 Å². The first-order valence-corrected chi connectivity index (χ1v) is 7.18. The van der Waals surface area contributed by atoms with E-state index in [9.17, 15) is 14.7 Å². The number of rotatable bonds is 5. The minimum absolute atomic E-state index is 0.181. The third-order valence-electron chi connectivity index (χ3n) is 3.61. The Morgan fingerprint density at radius 3 is 2.41 bits per heavy atom. The minimum Gasteiger partial charge on any atom is -0.480 e. The predicted molar refractivity (Wildman–Crippen MR) is 81.5 cm³/mol. The molecule has 2 rings (SSSR count). The van der Waals surface area contributed by atoms with E-state index in [0.29, 0.717) is 26.2 Å². The summed E-state index contributed by atoms with van der Waals surface area (Å²) >= 11 is 0. The van der Waals surface area contributed by atoms with Crippen molar-refractivity contribution in [2.75, 3.05) is 32.8 Å². The van der Waals surface area contributed by atoms with Gasteiger partial charge in [0.25, 0.3) is 0 Å². The Morgan fingerprint density at radius 2 is 1.86 bits per heavy atom. The summed E-state index contributed by atoms with van der Waals surface area (Å²) in [5.74, 6) is -0.881. The number of nitrogens with zero attached hydrogens (tertiary/aromatic N) is 2. The number of amides is 1. The van der Waals surface area contributed by atoms with Crippen LogP contribution in [0, 0.1) is 0 Å². The lowest BCUT2D eigenvalue weighted by molar-refractivity contribution is -0.144. The zero-order valence-electron chi connectivity index (χ0n) is 12.4. The molecule has 6 nitrogen and oxygen atoms in total. The van der Waals surface area contributed by atoms with E-state index in [1.165, 1.54) is 6.08 Å². The van der Waals surface area contributed by atoms with Gasteiger partial charge in [0.05, 0.1) is 0 Å². The van der Waals surface area contributed by atoms with Crippen LogP contribution in [-0.2, 0) is 9.53 Å². The van der Waals surface area contributed by atoms with Gasteiger partial charge in [0.2, 0.25) is 0 Å². The van der Waals surface area contributed by atoms with Crippen LogP contribution in [0.5, 0.6) is 0 Å². The van der Waals surface area contributed by atoms with Crippen LogP contribution < -0.4 is 0 Å². The molecule has 1 aromatic carbocycles. The van der Waals surface area contributed by atoms with Crippen LogP contribution in [0.25, 0.3) is 0 Å². The maximum atomic E-state index is 11.8. The van der Waals surface area contributed by atoms with Gasteiger partial charge in [-0.05, 0) is 5.56 Å². The van der Waals surface area contributed by atoms with Gasteiger partial charge in [-0.2, -0.15) is 0 Å². The highest BCUT2D eigenvalue weighted by atomic mass is 16.6. The van der Waals surface area contributed by atoms with Gasteiger partial charge in [0.15, 0.2) is 0 Å². The maximum absolute atomic E-state index is 11.8. The van der Waals surface area contributed by atoms with Crippen LogP contribution in [-0.4, -0.2) is 59.8 Å². The van der Waals surface area contributed by atoms with E-state index in [2.05, 4.69) is 6.58 Å². The Hall–Kier alpha value is -2.34. The molecule has 1 N–H and O–H groups in total. The Morgan fingerprint density at radius 1 is 1.23 bits per heavy atom. The van der Waals surface area contributed by atoms with Crippen LogP contribution in [0.15, 0.2) is 43.0 Å². The minimum atomic E-state index is -0.881. The number of piperazine rings is 1. The maximum Gasteiger partial charge on any atom is 0.410 e. The predicted octanol–water partition coefficient (Wildman–Crippen LogP) is 1.75. The molecule has 118 valence electrons. The molecule has 1 heterocycles. The van der Waals surface area contributed by atoms with Crippen molar-refractivity contribution in [3.05, 3.63) is 48.6 Å². The summed E-state index contributed by atoms with van der Waals surface area (Å²) in [5, 5.41) is 9.51. The van der Waals surface area contributed by atoms with Crippen molar-refractivity contribution in [3.63, 3.8) is 0 Å². The molecular weight excluding hydrogens is 284 g/mol. The lowest BCUT2D eigenvalue weighted by Gasteiger charge is -2.37. The fourth-order valence-electron chi connectivity index (χ4n) is 2.53. The fourth-order valence-corrected chi connectivity index (χ4v) is 2.53. The second-order valence-electron chi connectivity index (χ2n) is 5.04. The average Bonchev–Trinajstić information content (AvgIpc) is 2.54. The normalized spacial score (nSPS) is 16.8. The van der Waals surface area contributed by atoms with Crippen molar-refractivity contribution in [2.24, 2.45) is 0 Å². The fraction of sp³-hybridized carbons (Fsp3) is 0.375. The average molecular weight is 304 g/mol. The molecule has 0 radical (unpaired) electrons. The van der Waals surface area contributed by atoms with E-state index in [0.717, 1.165) is 5.56 Å². The SMILES string of the molecule is C=CCOC(=O)N1CCN(C(C(=O)O)c2ccccc2)CC1. The number of carboxylic acids is 1.